The third kappa shape index (κ3) is 6.75. The van der Waals surface area contributed by atoms with Gasteiger partial charge in [0.2, 0.25) is 0 Å². The molecule has 0 spiro atoms. The zero-order valence-electron chi connectivity index (χ0n) is 22.1. The van der Waals surface area contributed by atoms with Crippen LogP contribution in [0.25, 0.3) is 21.7 Å². The van der Waals surface area contributed by atoms with Crippen LogP contribution in [-0.2, 0) is 17.9 Å². The van der Waals surface area contributed by atoms with Crippen molar-refractivity contribution in [3.05, 3.63) is 87.8 Å². The van der Waals surface area contributed by atoms with Crippen LogP contribution < -0.4 is 10.5 Å². The summed E-state index contributed by atoms with van der Waals surface area (Å²) in [6.07, 6.45) is 1.34. The number of pyridine rings is 1. The predicted octanol–water partition coefficient (Wildman–Crippen LogP) is 6.83. The van der Waals surface area contributed by atoms with Crippen molar-refractivity contribution < 1.29 is 14.3 Å². The van der Waals surface area contributed by atoms with E-state index in [2.05, 4.69) is 15.0 Å². The summed E-state index contributed by atoms with van der Waals surface area (Å²) < 4.78 is 11.8. The summed E-state index contributed by atoms with van der Waals surface area (Å²) in [5.74, 6) is 0.981. The molecule has 1 amide bonds. The number of hydrogen-bond donors (Lipinski definition) is 1. The van der Waals surface area contributed by atoms with Gasteiger partial charge in [0, 0.05) is 35.0 Å². The lowest BCUT2D eigenvalue weighted by Crippen LogP contribution is -2.42. The number of carbonyl (C=O) groups is 1. The van der Waals surface area contributed by atoms with Crippen LogP contribution in [0.2, 0.25) is 0 Å². The van der Waals surface area contributed by atoms with E-state index in [9.17, 15) is 4.79 Å². The third-order valence-corrected chi connectivity index (χ3v) is 6.40. The van der Waals surface area contributed by atoms with E-state index in [-0.39, 0.29) is 18.6 Å². The predicted molar refractivity (Wildman–Crippen MR) is 147 cm³/mol. The lowest BCUT2D eigenvalue weighted by Gasteiger charge is -2.35. The van der Waals surface area contributed by atoms with Gasteiger partial charge >= 0.3 is 6.09 Å². The molecule has 2 aromatic carbocycles. The van der Waals surface area contributed by atoms with Gasteiger partial charge in [-0.05, 0) is 68.5 Å². The number of ether oxygens (including phenoxy) is 2. The highest BCUT2D eigenvalue weighted by Crippen LogP contribution is 2.37. The van der Waals surface area contributed by atoms with E-state index in [0.29, 0.717) is 42.5 Å². The highest BCUT2D eigenvalue weighted by Gasteiger charge is 2.30. The van der Waals surface area contributed by atoms with Gasteiger partial charge < -0.3 is 20.1 Å². The largest absolute Gasteiger partial charge is 0.488 e. The first-order valence-electron chi connectivity index (χ1n) is 12.8. The summed E-state index contributed by atoms with van der Waals surface area (Å²) in [5, 5.41) is 3.77. The first-order chi connectivity index (χ1) is 18.2. The number of para-hydroxylation sites is 1. The van der Waals surface area contributed by atoms with E-state index in [1.165, 1.54) is 0 Å². The molecule has 1 aromatic heterocycles. The fourth-order valence-corrected chi connectivity index (χ4v) is 4.65. The van der Waals surface area contributed by atoms with Gasteiger partial charge in [0.25, 0.3) is 0 Å². The number of nitrogens with two attached hydrogens (primary N) is 1. The number of hydrogen-bond acceptors (Lipinski definition) is 6. The number of carbonyl (C=O) groups excluding carboxylic acids is 1. The van der Waals surface area contributed by atoms with E-state index in [0.717, 1.165) is 29.5 Å². The SMILES string of the molecule is CC(C)(C)OC(=O)N1CCCC(c2cc(-c3ccccc3OCc3ccccc3)nc(N)c2CN=[N+]=[N-])C1. The minimum atomic E-state index is -0.575. The van der Waals surface area contributed by atoms with Crippen LogP contribution in [-0.4, -0.2) is 34.7 Å². The van der Waals surface area contributed by atoms with Gasteiger partial charge in [0.15, 0.2) is 0 Å². The second-order valence-corrected chi connectivity index (χ2v) is 10.4. The van der Waals surface area contributed by atoms with Crippen molar-refractivity contribution in [3.8, 4) is 17.0 Å². The molecule has 1 fully saturated rings. The van der Waals surface area contributed by atoms with Gasteiger partial charge in [0.1, 0.15) is 23.8 Å². The van der Waals surface area contributed by atoms with Crippen molar-refractivity contribution >= 4 is 11.9 Å². The zero-order chi connectivity index (χ0) is 27.1. The summed E-state index contributed by atoms with van der Waals surface area (Å²) in [5.41, 5.74) is 19.0. The average Bonchev–Trinajstić information content (AvgIpc) is 2.91. The van der Waals surface area contributed by atoms with Crippen LogP contribution in [0.4, 0.5) is 10.6 Å². The van der Waals surface area contributed by atoms with Gasteiger partial charge in [-0.1, -0.05) is 47.6 Å². The quantitative estimate of drug-likeness (QED) is 0.210. The third-order valence-electron chi connectivity index (χ3n) is 6.40. The summed E-state index contributed by atoms with van der Waals surface area (Å²) >= 11 is 0. The smallest absolute Gasteiger partial charge is 0.410 e. The van der Waals surface area contributed by atoms with Gasteiger partial charge in [-0.25, -0.2) is 9.78 Å². The van der Waals surface area contributed by atoms with Crippen molar-refractivity contribution in [3.63, 3.8) is 0 Å². The summed E-state index contributed by atoms with van der Waals surface area (Å²) in [6.45, 7) is 7.18. The molecule has 2 N–H and O–H groups in total. The van der Waals surface area contributed by atoms with Crippen molar-refractivity contribution in [1.29, 1.82) is 0 Å². The molecule has 1 atom stereocenters. The first kappa shape index (κ1) is 26.8. The highest BCUT2D eigenvalue weighted by molar-refractivity contribution is 5.71. The molecule has 1 aliphatic heterocycles. The number of nitrogen functional groups attached to an aromatic ring is 1. The molecular formula is C29H34N6O3. The Hall–Kier alpha value is -4.23. The molecule has 0 saturated carbocycles. The molecule has 1 saturated heterocycles. The van der Waals surface area contributed by atoms with Crippen molar-refractivity contribution in [1.82, 2.24) is 9.88 Å². The zero-order valence-corrected chi connectivity index (χ0v) is 22.1. The molecule has 1 unspecified atom stereocenters. The van der Waals surface area contributed by atoms with Crippen LogP contribution in [0.15, 0.2) is 65.8 Å². The van der Waals surface area contributed by atoms with Crippen LogP contribution in [0.3, 0.4) is 0 Å². The fourth-order valence-electron chi connectivity index (χ4n) is 4.65. The molecule has 1 aliphatic rings. The first-order valence-corrected chi connectivity index (χ1v) is 12.8. The standard InChI is InChI=1S/C29H34N6O3/c1-29(2,3)38-28(36)35-15-9-12-21(18-35)23-16-25(33-27(30)24(23)17-32-34-31)22-13-7-8-14-26(22)37-19-20-10-5-4-6-11-20/h4-8,10-11,13-14,16,21H,9,12,15,17-19H2,1-3H3,(H2,30,33). The Bertz CT molecular complexity index is 1320. The number of benzene rings is 2. The van der Waals surface area contributed by atoms with Crippen LogP contribution in [0.5, 0.6) is 5.75 Å². The van der Waals surface area contributed by atoms with Crippen molar-refractivity contribution in [2.24, 2.45) is 5.11 Å². The van der Waals surface area contributed by atoms with E-state index >= 15 is 0 Å². The van der Waals surface area contributed by atoms with E-state index in [1.807, 2.05) is 81.4 Å². The molecule has 3 aromatic rings. The average molecular weight is 515 g/mol. The minimum absolute atomic E-state index is 0.0124. The van der Waals surface area contributed by atoms with Gasteiger partial charge in [-0.2, -0.15) is 0 Å². The molecular weight excluding hydrogens is 480 g/mol. The van der Waals surface area contributed by atoms with Crippen molar-refractivity contribution in [2.45, 2.75) is 58.3 Å². The van der Waals surface area contributed by atoms with E-state index in [1.54, 1.807) is 4.90 Å². The van der Waals surface area contributed by atoms with Crippen LogP contribution in [0, 0.1) is 0 Å². The molecule has 2 heterocycles. The maximum absolute atomic E-state index is 12.8. The number of anilines is 1. The van der Waals surface area contributed by atoms with Gasteiger partial charge in [-0.15, -0.1) is 0 Å². The highest BCUT2D eigenvalue weighted by atomic mass is 16.6. The molecule has 0 bridgehead atoms. The van der Waals surface area contributed by atoms with Crippen LogP contribution in [0.1, 0.15) is 56.2 Å². The molecule has 9 nitrogen and oxygen atoms in total. The minimum Gasteiger partial charge on any atom is -0.488 e. The molecule has 198 valence electrons. The Labute approximate surface area is 223 Å². The Morgan fingerprint density at radius 3 is 2.66 bits per heavy atom. The molecule has 4 rings (SSSR count). The second-order valence-electron chi connectivity index (χ2n) is 10.4. The summed E-state index contributed by atoms with van der Waals surface area (Å²) in [6, 6.07) is 19.7. The van der Waals surface area contributed by atoms with Crippen LogP contribution >= 0.6 is 0 Å². The summed E-state index contributed by atoms with van der Waals surface area (Å²) in [4.78, 5) is 22.2. The number of aromatic nitrogens is 1. The normalized spacial score (nSPS) is 15.4. The Balaban J connectivity index is 1.68. The topological polar surface area (TPSA) is 126 Å². The van der Waals surface area contributed by atoms with E-state index < -0.39 is 5.60 Å². The number of piperidine rings is 1. The number of nitrogens with zero attached hydrogens (tertiary/aromatic N) is 5. The Kier molecular flexibility index (Phi) is 8.38. The Morgan fingerprint density at radius 1 is 1.18 bits per heavy atom. The maximum atomic E-state index is 12.8. The number of azide groups is 1. The van der Waals surface area contributed by atoms with Gasteiger partial charge in [-0.3, -0.25) is 0 Å². The molecule has 0 radical (unpaired) electrons. The lowest BCUT2D eigenvalue weighted by molar-refractivity contribution is 0.0198. The Morgan fingerprint density at radius 2 is 1.92 bits per heavy atom. The summed E-state index contributed by atoms with van der Waals surface area (Å²) in [7, 11) is 0. The molecule has 0 aliphatic carbocycles. The molecule has 38 heavy (non-hydrogen) atoms. The molecule has 9 heteroatoms. The number of amides is 1. The monoisotopic (exact) mass is 514 g/mol. The number of rotatable bonds is 7. The number of likely N-dealkylation sites (tertiary alicyclic amines) is 1. The van der Waals surface area contributed by atoms with Gasteiger partial charge in [0.05, 0.1) is 12.2 Å². The van der Waals surface area contributed by atoms with Crippen molar-refractivity contribution in [2.75, 3.05) is 18.8 Å². The van der Waals surface area contributed by atoms with E-state index in [4.69, 9.17) is 20.7 Å². The second kappa shape index (κ2) is 11.9. The maximum Gasteiger partial charge on any atom is 0.410 e. The fraction of sp³-hybridized carbons (Fsp3) is 0.379. The lowest BCUT2D eigenvalue weighted by atomic mass is 9.87.